The van der Waals surface area contributed by atoms with Crippen molar-refractivity contribution in [2.24, 2.45) is 5.92 Å². The molecule has 0 bridgehead atoms. The smallest absolute Gasteiger partial charge is 0.229 e. The van der Waals surface area contributed by atoms with E-state index in [1.54, 1.807) is 17.0 Å². The van der Waals surface area contributed by atoms with E-state index in [0.717, 1.165) is 17.1 Å². The zero-order valence-corrected chi connectivity index (χ0v) is 15.6. The summed E-state index contributed by atoms with van der Waals surface area (Å²) < 4.78 is 0. The monoisotopic (exact) mass is 378 g/mol. The van der Waals surface area contributed by atoms with Crippen molar-refractivity contribution in [3.63, 3.8) is 0 Å². The zero-order valence-electron chi connectivity index (χ0n) is 14.0. The van der Waals surface area contributed by atoms with Crippen molar-refractivity contribution in [1.82, 2.24) is 10.2 Å². The van der Waals surface area contributed by atoms with E-state index in [2.05, 4.69) is 15.5 Å². The number of benzene rings is 1. The molecule has 0 spiro atoms. The lowest BCUT2D eigenvalue weighted by Crippen LogP contribution is -2.24. The SMILES string of the molecule is CCC(C)C(=O)Nc1nnc(C2CC(=O)N(c3ccc(Cl)cc3)C2)s1. The molecule has 0 aliphatic carbocycles. The average molecular weight is 379 g/mol. The van der Waals surface area contributed by atoms with E-state index < -0.39 is 0 Å². The Bertz CT molecular complexity index is 777. The van der Waals surface area contributed by atoms with Crippen molar-refractivity contribution in [3.05, 3.63) is 34.3 Å². The fourth-order valence-electron chi connectivity index (χ4n) is 2.61. The normalized spacial score (nSPS) is 18.4. The summed E-state index contributed by atoms with van der Waals surface area (Å²) >= 11 is 7.24. The average Bonchev–Trinajstić information content (AvgIpc) is 3.21. The zero-order chi connectivity index (χ0) is 18.0. The van der Waals surface area contributed by atoms with E-state index in [-0.39, 0.29) is 23.7 Å². The number of carbonyl (C=O) groups is 2. The van der Waals surface area contributed by atoms with E-state index in [9.17, 15) is 9.59 Å². The van der Waals surface area contributed by atoms with Crippen LogP contribution in [0.3, 0.4) is 0 Å². The molecule has 1 N–H and O–H groups in total. The number of carbonyl (C=O) groups excluding carboxylic acids is 2. The summed E-state index contributed by atoms with van der Waals surface area (Å²) in [5.74, 6) is -0.0982. The van der Waals surface area contributed by atoms with Gasteiger partial charge in [-0.3, -0.25) is 9.59 Å². The first kappa shape index (κ1) is 17.8. The van der Waals surface area contributed by atoms with Gasteiger partial charge in [-0.25, -0.2) is 0 Å². The summed E-state index contributed by atoms with van der Waals surface area (Å²) in [6.45, 7) is 4.39. The fourth-order valence-corrected chi connectivity index (χ4v) is 3.57. The molecule has 2 unspecified atom stereocenters. The van der Waals surface area contributed by atoms with Crippen LogP contribution in [0.1, 0.15) is 37.6 Å². The van der Waals surface area contributed by atoms with Crippen LogP contribution in [0, 0.1) is 5.92 Å². The Morgan fingerprint density at radius 3 is 2.80 bits per heavy atom. The van der Waals surface area contributed by atoms with Gasteiger partial charge in [-0.15, -0.1) is 10.2 Å². The Labute approximate surface area is 155 Å². The number of nitrogens with one attached hydrogen (secondary N) is 1. The second-order valence-electron chi connectivity index (χ2n) is 6.13. The van der Waals surface area contributed by atoms with Gasteiger partial charge in [0.25, 0.3) is 0 Å². The maximum absolute atomic E-state index is 12.3. The van der Waals surface area contributed by atoms with Gasteiger partial charge in [0.2, 0.25) is 16.9 Å². The molecule has 1 aromatic heterocycles. The number of rotatable bonds is 5. The maximum atomic E-state index is 12.3. The molecule has 1 aromatic carbocycles. The lowest BCUT2D eigenvalue weighted by molar-refractivity contribution is -0.119. The Hall–Kier alpha value is -1.99. The van der Waals surface area contributed by atoms with Gasteiger partial charge in [-0.05, 0) is 30.7 Å². The van der Waals surface area contributed by atoms with E-state index in [1.165, 1.54) is 11.3 Å². The van der Waals surface area contributed by atoms with Crippen LogP contribution in [0.25, 0.3) is 0 Å². The highest BCUT2D eigenvalue weighted by atomic mass is 35.5. The number of halogens is 1. The second kappa shape index (κ2) is 7.49. The Kier molecular flexibility index (Phi) is 5.34. The third-order valence-electron chi connectivity index (χ3n) is 4.34. The quantitative estimate of drug-likeness (QED) is 0.860. The number of hydrogen-bond acceptors (Lipinski definition) is 5. The minimum Gasteiger partial charge on any atom is -0.312 e. The van der Waals surface area contributed by atoms with Crippen molar-refractivity contribution in [1.29, 1.82) is 0 Å². The maximum Gasteiger partial charge on any atom is 0.229 e. The van der Waals surface area contributed by atoms with Gasteiger partial charge in [-0.1, -0.05) is 36.8 Å². The molecule has 1 saturated heterocycles. The Morgan fingerprint density at radius 2 is 2.12 bits per heavy atom. The molecule has 1 fully saturated rings. The van der Waals surface area contributed by atoms with Gasteiger partial charge < -0.3 is 10.2 Å². The van der Waals surface area contributed by atoms with Crippen molar-refractivity contribution < 1.29 is 9.59 Å². The lowest BCUT2D eigenvalue weighted by Gasteiger charge is -2.16. The molecule has 0 radical (unpaired) electrons. The van der Waals surface area contributed by atoms with Gasteiger partial charge >= 0.3 is 0 Å². The van der Waals surface area contributed by atoms with Crippen LogP contribution in [-0.2, 0) is 9.59 Å². The van der Waals surface area contributed by atoms with E-state index in [1.807, 2.05) is 26.0 Å². The highest BCUT2D eigenvalue weighted by molar-refractivity contribution is 7.15. The topological polar surface area (TPSA) is 75.2 Å². The molecule has 3 rings (SSSR count). The molecular weight excluding hydrogens is 360 g/mol. The standard InChI is InChI=1S/C17H19ClN4O2S/c1-3-10(2)15(24)19-17-21-20-16(25-17)11-8-14(23)22(9-11)13-6-4-12(18)5-7-13/h4-7,10-11H,3,8-9H2,1-2H3,(H,19,21,24). The summed E-state index contributed by atoms with van der Waals surface area (Å²) in [5, 5.41) is 12.9. The highest BCUT2D eigenvalue weighted by Crippen LogP contribution is 2.34. The first-order valence-electron chi connectivity index (χ1n) is 8.18. The molecule has 132 valence electrons. The van der Waals surface area contributed by atoms with Gasteiger partial charge in [0.15, 0.2) is 0 Å². The molecule has 25 heavy (non-hydrogen) atoms. The Morgan fingerprint density at radius 1 is 1.40 bits per heavy atom. The van der Waals surface area contributed by atoms with E-state index in [4.69, 9.17) is 11.6 Å². The summed E-state index contributed by atoms with van der Waals surface area (Å²) in [6.07, 6.45) is 1.15. The van der Waals surface area contributed by atoms with Gasteiger partial charge in [0.1, 0.15) is 5.01 Å². The summed E-state index contributed by atoms with van der Waals surface area (Å²) in [6, 6.07) is 7.21. The van der Waals surface area contributed by atoms with Crippen molar-refractivity contribution in [3.8, 4) is 0 Å². The first-order chi connectivity index (χ1) is 12.0. The van der Waals surface area contributed by atoms with Crippen LogP contribution >= 0.6 is 22.9 Å². The van der Waals surface area contributed by atoms with Crippen LogP contribution in [0.2, 0.25) is 5.02 Å². The van der Waals surface area contributed by atoms with Crippen LogP contribution < -0.4 is 10.2 Å². The molecule has 2 aromatic rings. The van der Waals surface area contributed by atoms with Crippen LogP contribution in [0.4, 0.5) is 10.8 Å². The minimum absolute atomic E-state index is 0.0186. The molecule has 6 nitrogen and oxygen atoms in total. The molecule has 1 aliphatic rings. The number of aromatic nitrogens is 2. The van der Waals surface area contributed by atoms with Crippen LogP contribution in [0.5, 0.6) is 0 Å². The number of hydrogen-bond donors (Lipinski definition) is 1. The predicted octanol–water partition coefficient (Wildman–Crippen LogP) is 3.70. The fraction of sp³-hybridized carbons (Fsp3) is 0.412. The summed E-state index contributed by atoms with van der Waals surface area (Å²) in [7, 11) is 0. The lowest BCUT2D eigenvalue weighted by atomic mass is 10.1. The first-order valence-corrected chi connectivity index (χ1v) is 9.37. The third-order valence-corrected chi connectivity index (χ3v) is 5.60. The molecule has 2 atom stereocenters. The molecule has 1 aliphatic heterocycles. The number of amides is 2. The Balaban J connectivity index is 1.68. The molecule has 0 saturated carbocycles. The molecular formula is C17H19ClN4O2S. The van der Waals surface area contributed by atoms with Crippen molar-refractivity contribution in [2.75, 3.05) is 16.8 Å². The van der Waals surface area contributed by atoms with Gasteiger partial charge in [0.05, 0.1) is 0 Å². The van der Waals surface area contributed by atoms with Gasteiger partial charge in [0, 0.05) is 35.5 Å². The number of nitrogens with zero attached hydrogens (tertiary/aromatic N) is 3. The van der Waals surface area contributed by atoms with Crippen molar-refractivity contribution >= 4 is 45.6 Å². The van der Waals surface area contributed by atoms with E-state index >= 15 is 0 Å². The molecule has 8 heteroatoms. The van der Waals surface area contributed by atoms with Crippen LogP contribution in [-0.4, -0.2) is 28.6 Å². The predicted molar refractivity (Wildman–Crippen MR) is 99.2 cm³/mol. The summed E-state index contributed by atoms with van der Waals surface area (Å²) in [5.41, 5.74) is 0.826. The molecule has 2 heterocycles. The molecule has 2 amide bonds. The third kappa shape index (κ3) is 3.99. The minimum atomic E-state index is -0.0687. The largest absolute Gasteiger partial charge is 0.312 e. The van der Waals surface area contributed by atoms with Crippen molar-refractivity contribution in [2.45, 2.75) is 32.6 Å². The second-order valence-corrected chi connectivity index (χ2v) is 7.57. The number of anilines is 2. The summed E-state index contributed by atoms with van der Waals surface area (Å²) in [4.78, 5) is 26.0. The van der Waals surface area contributed by atoms with E-state index in [0.29, 0.717) is 23.1 Å². The van der Waals surface area contributed by atoms with Crippen LogP contribution in [0.15, 0.2) is 24.3 Å². The highest BCUT2D eigenvalue weighted by Gasteiger charge is 2.34. The van der Waals surface area contributed by atoms with Gasteiger partial charge in [-0.2, -0.15) is 0 Å².